The Kier molecular flexibility index (Phi) is 4.13. The second-order valence-corrected chi connectivity index (χ2v) is 4.15. The molecule has 1 aromatic carbocycles. The summed E-state index contributed by atoms with van der Waals surface area (Å²) < 4.78 is 9.73. The minimum atomic E-state index is -0.393. The van der Waals surface area contributed by atoms with Crippen LogP contribution in [0.2, 0.25) is 0 Å². The maximum Gasteiger partial charge on any atom is 0.334 e. The van der Waals surface area contributed by atoms with Gasteiger partial charge in [0, 0.05) is 18.4 Å². The summed E-state index contributed by atoms with van der Waals surface area (Å²) in [6.07, 6.45) is 4.74. The van der Waals surface area contributed by atoms with Crippen LogP contribution >= 0.6 is 0 Å². The molecule has 4 nitrogen and oxygen atoms in total. The van der Waals surface area contributed by atoms with Gasteiger partial charge in [-0.3, -0.25) is 4.79 Å². The second-order valence-electron chi connectivity index (χ2n) is 4.15. The Bertz CT molecular complexity index is 528. The highest BCUT2D eigenvalue weighted by molar-refractivity contribution is 5.96. The van der Waals surface area contributed by atoms with Crippen molar-refractivity contribution in [3.05, 3.63) is 53.8 Å². The quantitative estimate of drug-likeness (QED) is 0.474. The lowest BCUT2D eigenvalue weighted by Gasteiger charge is -2.01. The molecule has 1 heterocycles. The van der Waals surface area contributed by atoms with Gasteiger partial charge in [-0.15, -0.1) is 0 Å². The van der Waals surface area contributed by atoms with E-state index in [0.717, 1.165) is 5.56 Å². The van der Waals surface area contributed by atoms with E-state index in [0.29, 0.717) is 5.57 Å². The molecular formula is C15H14O4. The van der Waals surface area contributed by atoms with Gasteiger partial charge in [0.1, 0.15) is 6.61 Å². The number of rotatable bonds is 3. The van der Waals surface area contributed by atoms with Crippen LogP contribution in [0.1, 0.15) is 12.5 Å². The SMILES string of the molecule is CC(=O)O/C=C/[C@H]1COC(=O)/C1=C\c1ccccc1. The number of hydrogen-bond donors (Lipinski definition) is 0. The van der Waals surface area contributed by atoms with E-state index >= 15 is 0 Å². The normalized spacial score (nSPS) is 20.8. The maximum absolute atomic E-state index is 11.7. The molecule has 0 saturated carbocycles. The van der Waals surface area contributed by atoms with Crippen LogP contribution in [0.4, 0.5) is 0 Å². The van der Waals surface area contributed by atoms with E-state index in [1.54, 1.807) is 12.2 Å². The zero-order valence-corrected chi connectivity index (χ0v) is 10.5. The largest absolute Gasteiger partial charge is 0.461 e. The lowest BCUT2D eigenvalue weighted by atomic mass is 10.00. The van der Waals surface area contributed by atoms with Gasteiger partial charge in [-0.2, -0.15) is 0 Å². The summed E-state index contributed by atoms with van der Waals surface area (Å²) >= 11 is 0. The zero-order valence-electron chi connectivity index (χ0n) is 10.5. The van der Waals surface area contributed by atoms with Crippen molar-refractivity contribution in [2.75, 3.05) is 6.61 Å². The highest BCUT2D eigenvalue weighted by Gasteiger charge is 2.28. The Morgan fingerprint density at radius 3 is 2.79 bits per heavy atom. The summed E-state index contributed by atoms with van der Waals surface area (Å²) in [4.78, 5) is 22.3. The molecule has 0 unspecified atom stereocenters. The van der Waals surface area contributed by atoms with Crippen molar-refractivity contribution < 1.29 is 19.1 Å². The van der Waals surface area contributed by atoms with Gasteiger partial charge in [-0.1, -0.05) is 30.3 Å². The van der Waals surface area contributed by atoms with Gasteiger partial charge in [0.15, 0.2) is 0 Å². The lowest BCUT2D eigenvalue weighted by molar-refractivity contribution is -0.136. The third kappa shape index (κ3) is 3.55. The van der Waals surface area contributed by atoms with Gasteiger partial charge >= 0.3 is 11.9 Å². The van der Waals surface area contributed by atoms with Gasteiger partial charge in [-0.05, 0) is 17.7 Å². The van der Waals surface area contributed by atoms with Crippen molar-refractivity contribution in [1.29, 1.82) is 0 Å². The average Bonchev–Trinajstić information content (AvgIpc) is 2.72. The van der Waals surface area contributed by atoms with Crippen molar-refractivity contribution in [2.45, 2.75) is 6.92 Å². The van der Waals surface area contributed by atoms with E-state index in [9.17, 15) is 9.59 Å². The molecule has 1 aliphatic heterocycles. The minimum Gasteiger partial charge on any atom is -0.461 e. The summed E-state index contributed by atoms with van der Waals surface area (Å²) in [6.45, 7) is 1.59. The highest BCUT2D eigenvalue weighted by atomic mass is 16.5. The third-order valence-electron chi connectivity index (χ3n) is 2.70. The Labute approximate surface area is 111 Å². The number of esters is 2. The van der Waals surface area contributed by atoms with Crippen molar-refractivity contribution in [1.82, 2.24) is 0 Å². The van der Waals surface area contributed by atoms with Gasteiger partial charge in [0.05, 0.1) is 6.26 Å². The highest BCUT2D eigenvalue weighted by Crippen LogP contribution is 2.25. The predicted molar refractivity (Wildman–Crippen MR) is 69.8 cm³/mol. The number of benzene rings is 1. The summed E-state index contributed by atoms with van der Waals surface area (Å²) in [6, 6.07) is 9.52. The molecule has 1 aromatic rings. The predicted octanol–water partition coefficient (Wildman–Crippen LogP) is 2.32. The van der Waals surface area contributed by atoms with Gasteiger partial charge in [0.2, 0.25) is 0 Å². The van der Waals surface area contributed by atoms with Gasteiger partial charge in [0.25, 0.3) is 0 Å². The second kappa shape index (κ2) is 6.00. The minimum absolute atomic E-state index is 0.188. The zero-order chi connectivity index (χ0) is 13.7. The molecule has 4 heteroatoms. The van der Waals surface area contributed by atoms with Gasteiger partial charge in [-0.25, -0.2) is 4.79 Å². The molecule has 0 bridgehead atoms. The lowest BCUT2D eigenvalue weighted by Crippen LogP contribution is -2.01. The van der Waals surface area contributed by atoms with Gasteiger partial charge < -0.3 is 9.47 Å². The van der Waals surface area contributed by atoms with E-state index in [1.165, 1.54) is 13.2 Å². The third-order valence-corrected chi connectivity index (χ3v) is 2.70. The van der Waals surface area contributed by atoms with Crippen molar-refractivity contribution in [3.8, 4) is 0 Å². The molecule has 2 rings (SSSR count). The molecule has 1 aliphatic rings. The molecule has 0 spiro atoms. The van der Waals surface area contributed by atoms with Crippen LogP contribution in [-0.4, -0.2) is 18.5 Å². The Balaban J connectivity index is 2.16. The molecule has 1 fully saturated rings. The molecule has 0 N–H and O–H groups in total. The van der Waals surface area contributed by atoms with Crippen molar-refractivity contribution >= 4 is 18.0 Å². The summed E-state index contributed by atoms with van der Waals surface area (Å²) in [5.41, 5.74) is 1.50. The van der Waals surface area contributed by atoms with Crippen LogP contribution in [-0.2, 0) is 19.1 Å². The number of hydrogen-bond acceptors (Lipinski definition) is 4. The molecule has 0 aliphatic carbocycles. The first-order valence-electron chi connectivity index (χ1n) is 5.94. The fraction of sp³-hybridized carbons (Fsp3) is 0.200. The Hall–Kier alpha value is -2.36. The van der Waals surface area contributed by atoms with E-state index in [2.05, 4.69) is 0 Å². The van der Waals surface area contributed by atoms with Crippen molar-refractivity contribution in [3.63, 3.8) is 0 Å². The topological polar surface area (TPSA) is 52.6 Å². The van der Waals surface area contributed by atoms with Crippen LogP contribution in [0.25, 0.3) is 6.08 Å². The van der Waals surface area contributed by atoms with Crippen LogP contribution < -0.4 is 0 Å². The van der Waals surface area contributed by atoms with Crippen LogP contribution in [0.15, 0.2) is 48.2 Å². The van der Waals surface area contributed by atoms with Crippen molar-refractivity contribution in [2.24, 2.45) is 5.92 Å². The van der Waals surface area contributed by atoms with Crippen LogP contribution in [0.3, 0.4) is 0 Å². The molecule has 1 saturated heterocycles. The molecule has 1 atom stereocenters. The smallest absolute Gasteiger partial charge is 0.334 e. The Morgan fingerprint density at radius 1 is 1.37 bits per heavy atom. The average molecular weight is 258 g/mol. The summed E-state index contributed by atoms with van der Waals surface area (Å²) in [5.74, 6) is -0.913. The van der Waals surface area contributed by atoms with E-state index < -0.39 is 5.97 Å². The van der Waals surface area contributed by atoms with E-state index in [-0.39, 0.29) is 18.5 Å². The molecule has 0 amide bonds. The Morgan fingerprint density at radius 2 is 2.11 bits per heavy atom. The van der Waals surface area contributed by atoms with E-state index in [1.807, 2.05) is 30.3 Å². The summed E-state index contributed by atoms with van der Waals surface area (Å²) in [7, 11) is 0. The number of carbonyl (C=O) groups is 2. The first-order valence-corrected chi connectivity index (χ1v) is 5.94. The standard InChI is InChI=1S/C15H14O4/c1-11(16)18-8-7-13-10-19-15(17)14(13)9-12-5-3-2-4-6-12/h2-9,13H,10H2,1H3/b8-7+,14-9-/t13-/m0/s1. The van der Waals surface area contributed by atoms with Crippen LogP contribution in [0, 0.1) is 5.92 Å². The molecule has 98 valence electrons. The molecule has 19 heavy (non-hydrogen) atoms. The molecular weight excluding hydrogens is 244 g/mol. The first kappa shape index (κ1) is 13.1. The first-order chi connectivity index (χ1) is 9.16. The number of carbonyl (C=O) groups excluding carboxylic acids is 2. The number of cyclic esters (lactones) is 1. The summed E-state index contributed by atoms with van der Waals surface area (Å²) in [5, 5.41) is 0. The van der Waals surface area contributed by atoms with Crippen LogP contribution in [0.5, 0.6) is 0 Å². The monoisotopic (exact) mass is 258 g/mol. The van der Waals surface area contributed by atoms with E-state index in [4.69, 9.17) is 9.47 Å². The maximum atomic E-state index is 11.7. The fourth-order valence-corrected chi connectivity index (χ4v) is 1.77. The number of ether oxygens (including phenoxy) is 2. The molecule has 0 aromatic heterocycles. The molecule has 0 radical (unpaired) electrons. The fourth-order valence-electron chi connectivity index (χ4n) is 1.77.